The van der Waals surface area contributed by atoms with Crippen LogP contribution in [0.15, 0.2) is 70.9 Å². The van der Waals surface area contributed by atoms with Crippen LogP contribution in [0.25, 0.3) is 0 Å². The molecule has 20 heavy (non-hydrogen) atoms. The van der Waals surface area contributed by atoms with Gasteiger partial charge in [-0.3, -0.25) is 0 Å². The average molecular weight is 268 g/mol. The molecule has 0 nitrogen and oxygen atoms in total. The van der Waals surface area contributed by atoms with Crippen LogP contribution >= 0.6 is 0 Å². The molecule has 1 rings (SSSR count). The fourth-order valence-corrected chi connectivity index (χ4v) is 2.34. The maximum Gasteiger partial charge on any atom is -0.00664 e. The minimum Gasteiger partial charge on any atom is -0.0847 e. The van der Waals surface area contributed by atoms with E-state index >= 15 is 0 Å². The van der Waals surface area contributed by atoms with Gasteiger partial charge < -0.3 is 0 Å². The lowest BCUT2D eigenvalue weighted by molar-refractivity contribution is 0.456. The molecule has 0 heteroatoms. The third kappa shape index (κ3) is 4.85. The highest BCUT2D eigenvalue weighted by Crippen LogP contribution is 2.37. The van der Waals surface area contributed by atoms with E-state index in [0.29, 0.717) is 0 Å². The van der Waals surface area contributed by atoms with Crippen molar-refractivity contribution in [1.82, 2.24) is 0 Å². The van der Waals surface area contributed by atoms with E-state index < -0.39 is 0 Å². The molecular formula is C20H28. The van der Waals surface area contributed by atoms with Crippen molar-refractivity contribution in [1.29, 1.82) is 0 Å². The summed E-state index contributed by atoms with van der Waals surface area (Å²) in [5, 5.41) is 0. The first-order valence-electron chi connectivity index (χ1n) is 7.40. The Balaban J connectivity index is 2.84. The molecule has 0 aliphatic heterocycles. The highest BCUT2D eigenvalue weighted by Gasteiger charge is 2.23. The Bertz CT molecular complexity index is 514. The molecule has 1 aliphatic carbocycles. The molecule has 0 atom stereocenters. The predicted octanol–water partition coefficient (Wildman–Crippen LogP) is 6.31. The standard InChI is InChI=1S/C20H28/c1-7-16(2)10-8-11-17(3)13-14-19-18(4)12-9-15-20(19,5)6/h7-14H,15H2,1-6H3. The Kier molecular flexibility index (Phi) is 6.01. The molecule has 0 bridgehead atoms. The van der Waals surface area contributed by atoms with Gasteiger partial charge in [-0.2, -0.15) is 0 Å². The van der Waals surface area contributed by atoms with Crippen LogP contribution in [0.5, 0.6) is 0 Å². The first-order valence-corrected chi connectivity index (χ1v) is 7.40. The Labute approximate surface area is 125 Å². The Morgan fingerprint density at radius 1 is 1.15 bits per heavy atom. The second-order valence-corrected chi connectivity index (χ2v) is 6.22. The molecule has 0 amide bonds. The van der Waals surface area contributed by atoms with Gasteiger partial charge in [-0.25, -0.2) is 0 Å². The van der Waals surface area contributed by atoms with Crippen LogP contribution in [0.1, 0.15) is 48.0 Å². The zero-order valence-electron chi connectivity index (χ0n) is 13.8. The number of hydrogen-bond donors (Lipinski definition) is 0. The molecule has 0 spiro atoms. The van der Waals surface area contributed by atoms with Gasteiger partial charge in [0.2, 0.25) is 0 Å². The van der Waals surface area contributed by atoms with E-state index in [1.807, 2.05) is 0 Å². The topological polar surface area (TPSA) is 0 Å². The van der Waals surface area contributed by atoms with Crippen LogP contribution in [0, 0.1) is 5.41 Å². The van der Waals surface area contributed by atoms with Crippen LogP contribution in [0.4, 0.5) is 0 Å². The summed E-state index contributed by atoms with van der Waals surface area (Å²) in [6.45, 7) is 13.1. The summed E-state index contributed by atoms with van der Waals surface area (Å²) < 4.78 is 0. The molecular weight excluding hydrogens is 240 g/mol. The van der Waals surface area contributed by atoms with Crippen molar-refractivity contribution in [3.8, 4) is 0 Å². The van der Waals surface area contributed by atoms with Crippen LogP contribution in [0.3, 0.4) is 0 Å². The third-order valence-electron chi connectivity index (χ3n) is 3.84. The molecule has 0 saturated heterocycles. The Hall–Kier alpha value is -1.56. The van der Waals surface area contributed by atoms with Crippen molar-refractivity contribution in [3.05, 3.63) is 70.9 Å². The van der Waals surface area contributed by atoms with E-state index in [-0.39, 0.29) is 5.41 Å². The predicted molar refractivity (Wildman–Crippen MR) is 91.7 cm³/mol. The molecule has 108 valence electrons. The molecule has 0 aromatic carbocycles. The highest BCUT2D eigenvalue weighted by atomic mass is 14.3. The lowest BCUT2D eigenvalue weighted by Gasteiger charge is -2.29. The molecule has 0 aromatic heterocycles. The SMILES string of the molecule is CC=C(C)C=CC=C(C)C=CC1=C(C)C=CCC1(C)C. The summed E-state index contributed by atoms with van der Waals surface area (Å²) in [7, 11) is 0. The first-order chi connectivity index (χ1) is 9.36. The van der Waals surface area contributed by atoms with E-state index in [0.717, 1.165) is 6.42 Å². The largest absolute Gasteiger partial charge is 0.0847 e. The van der Waals surface area contributed by atoms with E-state index in [9.17, 15) is 0 Å². The van der Waals surface area contributed by atoms with Gasteiger partial charge >= 0.3 is 0 Å². The van der Waals surface area contributed by atoms with Gasteiger partial charge in [0.15, 0.2) is 0 Å². The monoisotopic (exact) mass is 268 g/mol. The van der Waals surface area contributed by atoms with Gasteiger partial charge in [-0.15, -0.1) is 0 Å². The molecule has 0 N–H and O–H groups in total. The van der Waals surface area contributed by atoms with Crippen LogP contribution in [0.2, 0.25) is 0 Å². The van der Waals surface area contributed by atoms with Gasteiger partial charge in [0, 0.05) is 0 Å². The van der Waals surface area contributed by atoms with Crippen molar-refractivity contribution in [2.45, 2.75) is 48.0 Å². The summed E-state index contributed by atoms with van der Waals surface area (Å²) in [5.74, 6) is 0. The summed E-state index contributed by atoms with van der Waals surface area (Å²) in [6.07, 6.45) is 18.6. The van der Waals surface area contributed by atoms with Crippen molar-refractivity contribution in [3.63, 3.8) is 0 Å². The first kappa shape index (κ1) is 16.5. The number of hydrogen-bond acceptors (Lipinski definition) is 0. The van der Waals surface area contributed by atoms with Crippen molar-refractivity contribution < 1.29 is 0 Å². The van der Waals surface area contributed by atoms with Gasteiger partial charge in [-0.1, -0.05) is 73.6 Å². The molecule has 0 saturated carbocycles. The smallest absolute Gasteiger partial charge is 0.00664 e. The fraction of sp³-hybridized carbons (Fsp3) is 0.400. The maximum absolute atomic E-state index is 2.31. The summed E-state index contributed by atoms with van der Waals surface area (Å²) in [5.41, 5.74) is 5.63. The Morgan fingerprint density at radius 3 is 2.45 bits per heavy atom. The zero-order valence-corrected chi connectivity index (χ0v) is 13.8. The molecule has 0 aromatic rings. The zero-order chi connectivity index (χ0) is 15.2. The van der Waals surface area contributed by atoms with Crippen molar-refractivity contribution in [2.24, 2.45) is 5.41 Å². The van der Waals surface area contributed by atoms with Crippen LogP contribution in [-0.2, 0) is 0 Å². The van der Waals surface area contributed by atoms with Gasteiger partial charge in [0.1, 0.15) is 0 Å². The number of allylic oxidation sites excluding steroid dienone is 12. The van der Waals surface area contributed by atoms with E-state index in [1.54, 1.807) is 0 Å². The second kappa shape index (κ2) is 7.28. The normalized spacial score (nSPS) is 20.5. The summed E-state index contributed by atoms with van der Waals surface area (Å²) in [4.78, 5) is 0. The molecule has 0 heterocycles. The summed E-state index contributed by atoms with van der Waals surface area (Å²) >= 11 is 0. The second-order valence-electron chi connectivity index (χ2n) is 6.22. The average Bonchev–Trinajstić information content (AvgIpc) is 2.37. The lowest BCUT2D eigenvalue weighted by atomic mass is 9.75. The van der Waals surface area contributed by atoms with Crippen LogP contribution < -0.4 is 0 Å². The minimum atomic E-state index is 0.243. The van der Waals surface area contributed by atoms with Gasteiger partial charge in [0.25, 0.3) is 0 Å². The van der Waals surface area contributed by atoms with E-state index in [4.69, 9.17) is 0 Å². The van der Waals surface area contributed by atoms with Crippen molar-refractivity contribution in [2.75, 3.05) is 0 Å². The molecule has 1 aliphatic rings. The van der Waals surface area contributed by atoms with E-state index in [2.05, 4.69) is 90.2 Å². The maximum atomic E-state index is 2.31. The van der Waals surface area contributed by atoms with Gasteiger partial charge in [-0.05, 0) is 50.7 Å². The minimum absolute atomic E-state index is 0.243. The van der Waals surface area contributed by atoms with Crippen molar-refractivity contribution >= 4 is 0 Å². The molecule has 0 radical (unpaired) electrons. The van der Waals surface area contributed by atoms with Gasteiger partial charge in [0.05, 0.1) is 0 Å². The summed E-state index contributed by atoms with van der Waals surface area (Å²) in [6, 6.07) is 0. The fourth-order valence-electron chi connectivity index (χ4n) is 2.34. The lowest BCUT2D eigenvalue weighted by Crippen LogP contribution is -2.16. The Morgan fingerprint density at radius 2 is 1.85 bits per heavy atom. The number of rotatable bonds is 4. The molecule has 0 fully saturated rings. The van der Waals surface area contributed by atoms with E-state index in [1.165, 1.54) is 22.3 Å². The van der Waals surface area contributed by atoms with Crippen LogP contribution in [-0.4, -0.2) is 0 Å². The quantitative estimate of drug-likeness (QED) is 0.524. The highest BCUT2D eigenvalue weighted by molar-refractivity contribution is 5.42. The third-order valence-corrected chi connectivity index (χ3v) is 3.84. The molecule has 0 unspecified atom stereocenters.